The van der Waals surface area contributed by atoms with Crippen LogP contribution in [0.15, 0.2) is 0 Å². The molecule has 1 saturated carbocycles. The van der Waals surface area contributed by atoms with Gasteiger partial charge in [0.1, 0.15) is 0 Å². The fourth-order valence-electron chi connectivity index (χ4n) is 3.38. The summed E-state index contributed by atoms with van der Waals surface area (Å²) in [5.74, 6) is 1.66. The fourth-order valence-corrected chi connectivity index (χ4v) is 6.17. The maximum atomic E-state index is 12.5. The zero-order chi connectivity index (χ0) is 15.3. The summed E-state index contributed by atoms with van der Waals surface area (Å²) < 4.78 is 29.7. The molecular formula is C14H29N3O2S2. The van der Waals surface area contributed by atoms with Crippen LogP contribution in [-0.4, -0.2) is 56.4 Å². The van der Waals surface area contributed by atoms with Crippen molar-refractivity contribution in [3.8, 4) is 0 Å². The van der Waals surface area contributed by atoms with Crippen molar-refractivity contribution in [2.45, 2.75) is 50.3 Å². The van der Waals surface area contributed by atoms with E-state index in [1.165, 1.54) is 0 Å². The van der Waals surface area contributed by atoms with E-state index in [2.05, 4.69) is 17.0 Å². The highest BCUT2D eigenvalue weighted by Gasteiger charge is 2.34. The molecule has 7 heteroatoms. The minimum atomic E-state index is -3.31. The largest absolute Gasteiger partial charge is 0.319 e. The molecule has 0 spiro atoms. The van der Waals surface area contributed by atoms with Gasteiger partial charge in [-0.1, -0.05) is 13.3 Å². The van der Waals surface area contributed by atoms with Gasteiger partial charge < -0.3 is 5.32 Å². The van der Waals surface area contributed by atoms with Gasteiger partial charge >= 0.3 is 0 Å². The van der Waals surface area contributed by atoms with Gasteiger partial charge in [0, 0.05) is 24.4 Å². The van der Waals surface area contributed by atoms with Gasteiger partial charge in [0.25, 0.3) is 10.2 Å². The van der Waals surface area contributed by atoms with E-state index in [1.807, 2.05) is 18.8 Å². The Morgan fingerprint density at radius 2 is 1.90 bits per heavy atom. The number of nitrogens with zero attached hydrogens (tertiary/aromatic N) is 1. The van der Waals surface area contributed by atoms with Gasteiger partial charge in [0.2, 0.25) is 0 Å². The molecular weight excluding hydrogens is 306 g/mol. The average molecular weight is 336 g/mol. The Hall–Kier alpha value is 0.180. The molecule has 1 heterocycles. The Morgan fingerprint density at radius 3 is 2.52 bits per heavy atom. The average Bonchev–Trinajstić information content (AvgIpc) is 2.87. The lowest BCUT2D eigenvalue weighted by atomic mass is 9.98. The number of rotatable bonds is 7. The molecule has 2 unspecified atom stereocenters. The molecule has 124 valence electrons. The highest BCUT2D eigenvalue weighted by atomic mass is 32.2. The first-order valence-electron chi connectivity index (χ1n) is 8.10. The Labute approximate surface area is 133 Å². The van der Waals surface area contributed by atoms with Gasteiger partial charge in [-0.05, 0) is 50.9 Å². The fraction of sp³-hybridized carbons (Fsp3) is 1.00. The molecule has 0 radical (unpaired) electrons. The summed E-state index contributed by atoms with van der Waals surface area (Å²) in [7, 11) is -1.35. The molecule has 0 aromatic carbocycles. The first kappa shape index (κ1) is 17.5. The Morgan fingerprint density at radius 1 is 1.19 bits per heavy atom. The summed E-state index contributed by atoms with van der Waals surface area (Å²) in [5.41, 5.74) is 0. The molecule has 2 atom stereocenters. The molecule has 1 saturated heterocycles. The van der Waals surface area contributed by atoms with Crippen molar-refractivity contribution >= 4 is 22.0 Å². The molecule has 2 fully saturated rings. The van der Waals surface area contributed by atoms with Crippen LogP contribution < -0.4 is 10.0 Å². The minimum Gasteiger partial charge on any atom is -0.319 e. The summed E-state index contributed by atoms with van der Waals surface area (Å²) in [6, 6.07) is 0.120. The summed E-state index contributed by atoms with van der Waals surface area (Å²) in [6.07, 6.45) is 5.16. The zero-order valence-electron chi connectivity index (χ0n) is 13.2. The summed E-state index contributed by atoms with van der Waals surface area (Å²) >= 11 is 1.89. The molecule has 2 aliphatic rings. The third kappa shape index (κ3) is 4.82. The van der Waals surface area contributed by atoms with E-state index in [1.54, 1.807) is 4.31 Å². The predicted octanol–water partition coefficient (Wildman–Crippen LogP) is 1.43. The highest BCUT2D eigenvalue weighted by Crippen LogP contribution is 2.31. The van der Waals surface area contributed by atoms with E-state index >= 15 is 0 Å². The summed E-state index contributed by atoms with van der Waals surface area (Å²) in [6.45, 7) is 4.43. The van der Waals surface area contributed by atoms with E-state index < -0.39 is 10.2 Å². The molecule has 2 rings (SSSR count). The van der Waals surface area contributed by atoms with Crippen LogP contribution in [-0.2, 0) is 10.2 Å². The SMILES string of the molecule is CCSC1CCCC1NS(=O)(=O)N1CCC(CNC)CC1. The Kier molecular flexibility index (Phi) is 6.80. The van der Waals surface area contributed by atoms with Gasteiger partial charge in [-0.3, -0.25) is 0 Å². The third-order valence-electron chi connectivity index (χ3n) is 4.54. The first-order chi connectivity index (χ1) is 10.1. The van der Waals surface area contributed by atoms with Gasteiger partial charge in [-0.2, -0.15) is 29.2 Å². The lowest BCUT2D eigenvalue weighted by Gasteiger charge is -2.32. The van der Waals surface area contributed by atoms with Gasteiger partial charge in [-0.25, -0.2) is 0 Å². The van der Waals surface area contributed by atoms with Crippen LogP contribution >= 0.6 is 11.8 Å². The predicted molar refractivity (Wildman–Crippen MR) is 89.8 cm³/mol. The van der Waals surface area contributed by atoms with Crippen LogP contribution in [0.25, 0.3) is 0 Å². The second-order valence-electron chi connectivity index (χ2n) is 6.05. The quantitative estimate of drug-likeness (QED) is 0.739. The number of piperidine rings is 1. The van der Waals surface area contributed by atoms with Crippen molar-refractivity contribution in [1.82, 2.24) is 14.3 Å². The standard InChI is InChI=1S/C14H29N3O2S2/c1-3-20-14-6-4-5-13(14)16-21(18,19)17-9-7-12(8-10-17)11-15-2/h12-16H,3-11H2,1-2H3. The van der Waals surface area contributed by atoms with E-state index in [0.717, 1.165) is 44.4 Å². The molecule has 21 heavy (non-hydrogen) atoms. The van der Waals surface area contributed by atoms with E-state index in [0.29, 0.717) is 24.3 Å². The summed E-state index contributed by atoms with van der Waals surface area (Å²) in [5, 5.41) is 3.63. The van der Waals surface area contributed by atoms with E-state index in [4.69, 9.17) is 0 Å². The molecule has 0 aromatic heterocycles. The molecule has 5 nitrogen and oxygen atoms in total. The lowest BCUT2D eigenvalue weighted by molar-refractivity contribution is 0.267. The number of hydrogen-bond acceptors (Lipinski definition) is 4. The molecule has 0 bridgehead atoms. The van der Waals surface area contributed by atoms with Crippen LogP contribution in [0.1, 0.15) is 39.0 Å². The second-order valence-corrected chi connectivity index (χ2v) is 9.27. The van der Waals surface area contributed by atoms with E-state index in [-0.39, 0.29) is 6.04 Å². The highest BCUT2D eigenvalue weighted by molar-refractivity contribution is 8.00. The molecule has 0 amide bonds. The molecule has 2 N–H and O–H groups in total. The molecule has 0 aromatic rings. The lowest BCUT2D eigenvalue weighted by Crippen LogP contribution is -2.50. The molecule has 1 aliphatic heterocycles. The first-order valence-corrected chi connectivity index (χ1v) is 10.6. The number of thioether (sulfide) groups is 1. The van der Waals surface area contributed by atoms with E-state index in [9.17, 15) is 8.42 Å². The van der Waals surface area contributed by atoms with Crippen molar-refractivity contribution in [1.29, 1.82) is 0 Å². The Balaban J connectivity index is 1.87. The molecule has 1 aliphatic carbocycles. The van der Waals surface area contributed by atoms with Gasteiger partial charge in [0.05, 0.1) is 0 Å². The smallest absolute Gasteiger partial charge is 0.279 e. The van der Waals surface area contributed by atoms with Crippen LogP contribution in [0.3, 0.4) is 0 Å². The van der Waals surface area contributed by atoms with Crippen LogP contribution in [0.5, 0.6) is 0 Å². The van der Waals surface area contributed by atoms with Crippen molar-refractivity contribution in [3.05, 3.63) is 0 Å². The van der Waals surface area contributed by atoms with Crippen molar-refractivity contribution < 1.29 is 8.42 Å². The van der Waals surface area contributed by atoms with Gasteiger partial charge in [0.15, 0.2) is 0 Å². The van der Waals surface area contributed by atoms with Crippen molar-refractivity contribution in [2.24, 2.45) is 5.92 Å². The summed E-state index contributed by atoms with van der Waals surface area (Å²) in [4.78, 5) is 0. The van der Waals surface area contributed by atoms with Crippen LogP contribution in [0, 0.1) is 5.92 Å². The zero-order valence-corrected chi connectivity index (χ0v) is 14.8. The Bertz CT molecular complexity index is 408. The second kappa shape index (κ2) is 8.15. The van der Waals surface area contributed by atoms with Crippen molar-refractivity contribution in [3.63, 3.8) is 0 Å². The van der Waals surface area contributed by atoms with Crippen LogP contribution in [0.4, 0.5) is 0 Å². The minimum absolute atomic E-state index is 0.120. The monoisotopic (exact) mass is 335 g/mol. The van der Waals surface area contributed by atoms with Crippen molar-refractivity contribution in [2.75, 3.05) is 32.4 Å². The maximum Gasteiger partial charge on any atom is 0.279 e. The topological polar surface area (TPSA) is 61.4 Å². The number of hydrogen-bond donors (Lipinski definition) is 2. The van der Waals surface area contributed by atoms with Gasteiger partial charge in [-0.15, -0.1) is 0 Å². The van der Waals surface area contributed by atoms with Crippen LogP contribution in [0.2, 0.25) is 0 Å². The maximum absolute atomic E-state index is 12.5. The third-order valence-corrected chi connectivity index (χ3v) is 7.51. The number of nitrogens with one attached hydrogen (secondary N) is 2. The normalized spacial score (nSPS) is 29.0.